The van der Waals surface area contributed by atoms with Crippen LogP contribution in [0.4, 0.5) is 0 Å². The zero-order valence-corrected chi connectivity index (χ0v) is 19.1. The summed E-state index contributed by atoms with van der Waals surface area (Å²) in [5.74, 6) is -0.245. The van der Waals surface area contributed by atoms with E-state index in [1.165, 1.54) is 13.8 Å². The van der Waals surface area contributed by atoms with Gasteiger partial charge in [0.2, 0.25) is 12.6 Å². The number of epoxide rings is 1. The minimum atomic E-state index is -0.812. The number of hydrogen-bond acceptors (Lipinski definition) is 8. The van der Waals surface area contributed by atoms with E-state index in [1.807, 2.05) is 0 Å². The number of fused-ring (bicyclic) bond motifs is 2. The van der Waals surface area contributed by atoms with Crippen molar-refractivity contribution in [3.8, 4) is 0 Å². The molecule has 2 saturated carbocycles. The quantitative estimate of drug-likeness (QED) is 0.481. The maximum atomic E-state index is 12.2. The highest BCUT2D eigenvalue weighted by atomic mass is 16.7. The fourth-order valence-electron chi connectivity index (χ4n) is 7.95. The Balaban J connectivity index is 1.47. The van der Waals surface area contributed by atoms with Crippen molar-refractivity contribution in [3.05, 3.63) is 12.3 Å². The van der Waals surface area contributed by atoms with Crippen LogP contribution in [0, 0.1) is 28.6 Å². The fourth-order valence-corrected chi connectivity index (χ4v) is 7.95. The second-order valence-electron chi connectivity index (χ2n) is 10.9. The largest absolute Gasteiger partial charge is 0.472 e. The molecule has 1 unspecified atom stereocenters. The molecule has 11 atom stereocenters. The third-order valence-electron chi connectivity index (χ3n) is 9.48. The Bertz CT molecular complexity index is 866. The van der Waals surface area contributed by atoms with E-state index < -0.39 is 29.4 Å². The molecule has 2 bridgehead atoms. The van der Waals surface area contributed by atoms with Crippen LogP contribution in [0.5, 0.6) is 0 Å². The molecule has 176 valence electrons. The number of ether oxygens (including phenoxy) is 6. The lowest BCUT2D eigenvalue weighted by atomic mass is 9.40. The topological polar surface area (TPSA) is 92.8 Å². The van der Waals surface area contributed by atoms with E-state index in [0.29, 0.717) is 13.0 Å². The summed E-state index contributed by atoms with van der Waals surface area (Å²) >= 11 is 0. The van der Waals surface area contributed by atoms with E-state index in [2.05, 4.69) is 19.9 Å². The van der Waals surface area contributed by atoms with Gasteiger partial charge in [0.15, 0.2) is 0 Å². The van der Waals surface area contributed by atoms with Gasteiger partial charge in [-0.1, -0.05) is 13.8 Å². The molecule has 6 fully saturated rings. The summed E-state index contributed by atoms with van der Waals surface area (Å²) in [7, 11) is 0. The summed E-state index contributed by atoms with van der Waals surface area (Å²) in [5.41, 5.74) is -1.53. The Morgan fingerprint density at radius 1 is 1.06 bits per heavy atom. The number of rotatable bonds is 3. The van der Waals surface area contributed by atoms with E-state index in [4.69, 9.17) is 28.4 Å². The monoisotopic (exact) mass is 448 g/mol. The molecule has 0 amide bonds. The van der Waals surface area contributed by atoms with E-state index >= 15 is 0 Å². The first-order valence-electron chi connectivity index (χ1n) is 11.8. The molecule has 0 aromatic carbocycles. The van der Waals surface area contributed by atoms with Gasteiger partial charge >= 0.3 is 11.9 Å². The van der Waals surface area contributed by atoms with Gasteiger partial charge in [-0.2, -0.15) is 0 Å². The first kappa shape index (κ1) is 20.9. The molecule has 2 spiro atoms. The zero-order chi connectivity index (χ0) is 22.5. The molecule has 5 aliphatic heterocycles. The minimum absolute atomic E-state index is 0.0225. The van der Waals surface area contributed by atoms with Crippen molar-refractivity contribution in [2.45, 2.75) is 89.9 Å². The molecule has 0 aromatic heterocycles. The van der Waals surface area contributed by atoms with Crippen LogP contribution in [0.15, 0.2) is 12.3 Å². The van der Waals surface area contributed by atoms with Gasteiger partial charge < -0.3 is 28.4 Å². The predicted octanol–water partition coefficient (Wildman–Crippen LogP) is 2.69. The summed E-state index contributed by atoms with van der Waals surface area (Å²) in [4.78, 5) is 24.3. The maximum Gasteiger partial charge on any atom is 0.304 e. The van der Waals surface area contributed by atoms with Crippen LogP contribution in [-0.2, 0) is 38.0 Å². The lowest BCUT2D eigenvalue weighted by molar-refractivity contribution is -0.375. The van der Waals surface area contributed by atoms with Crippen LogP contribution in [0.25, 0.3) is 0 Å². The van der Waals surface area contributed by atoms with Crippen LogP contribution in [0.3, 0.4) is 0 Å². The van der Waals surface area contributed by atoms with Crippen LogP contribution >= 0.6 is 0 Å². The van der Waals surface area contributed by atoms with Crippen molar-refractivity contribution < 1.29 is 38.0 Å². The number of esters is 2. The average Bonchev–Trinajstić information content (AvgIpc) is 3.14. The van der Waals surface area contributed by atoms with Gasteiger partial charge in [0, 0.05) is 31.6 Å². The highest BCUT2D eigenvalue weighted by Crippen LogP contribution is 2.74. The molecular weight excluding hydrogens is 416 g/mol. The summed E-state index contributed by atoms with van der Waals surface area (Å²) < 4.78 is 36.5. The number of hydrogen-bond donors (Lipinski definition) is 0. The normalized spacial score (nSPS) is 54.6. The van der Waals surface area contributed by atoms with Gasteiger partial charge in [-0.25, -0.2) is 0 Å². The molecule has 4 saturated heterocycles. The van der Waals surface area contributed by atoms with Crippen LogP contribution in [0.2, 0.25) is 0 Å². The third-order valence-corrected chi connectivity index (χ3v) is 9.48. The molecule has 2 aliphatic carbocycles. The van der Waals surface area contributed by atoms with E-state index in [0.717, 1.165) is 19.3 Å². The molecule has 0 N–H and O–H groups in total. The van der Waals surface area contributed by atoms with Crippen LogP contribution in [0.1, 0.15) is 53.4 Å². The Kier molecular flexibility index (Phi) is 4.38. The van der Waals surface area contributed by atoms with Gasteiger partial charge in [-0.15, -0.1) is 0 Å². The molecule has 7 rings (SSSR count). The fraction of sp³-hybridized carbons (Fsp3) is 0.833. The molecule has 8 heteroatoms. The van der Waals surface area contributed by atoms with Crippen molar-refractivity contribution in [2.24, 2.45) is 28.6 Å². The van der Waals surface area contributed by atoms with Crippen molar-refractivity contribution in [2.75, 3.05) is 6.61 Å². The second-order valence-corrected chi connectivity index (χ2v) is 10.9. The Hall–Kier alpha value is -1.64. The summed E-state index contributed by atoms with van der Waals surface area (Å²) in [5, 5.41) is 0. The maximum absolute atomic E-state index is 12.2. The Labute approximate surface area is 187 Å². The molecule has 0 radical (unpaired) electrons. The van der Waals surface area contributed by atoms with Gasteiger partial charge in [-0.3, -0.25) is 9.59 Å². The van der Waals surface area contributed by atoms with E-state index in [1.54, 1.807) is 6.26 Å². The average molecular weight is 449 g/mol. The molecular formula is C24H32O8. The zero-order valence-electron chi connectivity index (χ0n) is 19.1. The van der Waals surface area contributed by atoms with Crippen LogP contribution in [-0.4, -0.2) is 55.0 Å². The van der Waals surface area contributed by atoms with Crippen LogP contribution < -0.4 is 0 Å². The Morgan fingerprint density at radius 3 is 2.47 bits per heavy atom. The number of carbonyl (C=O) groups is 2. The summed E-state index contributed by atoms with van der Waals surface area (Å²) in [6, 6.07) is 0. The highest BCUT2D eigenvalue weighted by molar-refractivity contribution is 5.67. The standard InChI is InChI=1S/C24H32O8/c1-12-7-19(29-13(2)25)24-17(22(12,4)18-8-15-5-6-27-20(15)32-18)9-16(10-23(24)11-28-23)31-21(24)30-14(3)26/h5-6,12,15-21H,7-11H2,1-4H3/t12-,15-,16-,17-,18+,19+,20+,21?,22+,23+,24+/m1/s1. The smallest absolute Gasteiger partial charge is 0.304 e. The minimum Gasteiger partial charge on any atom is -0.472 e. The molecule has 8 nitrogen and oxygen atoms in total. The Morgan fingerprint density at radius 2 is 1.81 bits per heavy atom. The molecule has 0 aromatic rings. The first-order chi connectivity index (χ1) is 15.2. The van der Waals surface area contributed by atoms with Gasteiger partial charge in [0.1, 0.15) is 17.1 Å². The van der Waals surface area contributed by atoms with Gasteiger partial charge in [0.25, 0.3) is 0 Å². The van der Waals surface area contributed by atoms with Crippen molar-refractivity contribution in [1.82, 2.24) is 0 Å². The molecule has 32 heavy (non-hydrogen) atoms. The van der Waals surface area contributed by atoms with Gasteiger partial charge in [-0.05, 0) is 37.2 Å². The number of carbonyl (C=O) groups excluding carboxylic acids is 2. The van der Waals surface area contributed by atoms with E-state index in [9.17, 15) is 9.59 Å². The lowest BCUT2D eigenvalue weighted by Crippen LogP contribution is -2.77. The lowest BCUT2D eigenvalue weighted by Gasteiger charge is -2.69. The van der Waals surface area contributed by atoms with Crippen molar-refractivity contribution >= 4 is 11.9 Å². The highest BCUT2D eigenvalue weighted by Gasteiger charge is 2.83. The molecule has 5 heterocycles. The van der Waals surface area contributed by atoms with Gasteiger partial charge in [0.05, 0.1) is 25.1 Å². The van der Waals surface area contributed by atoms with E-state index in [-0.39, 0.29) is 47.6 Å². The third kappa shape index (κ3) is 2.54. The first-order valence-corrected chi connectivity index (χ1v) is 11.8. The summed E-state index contributed by atoms with van der Waals surface area (Å²) in [6.07, 6.45) is 5.25. The molecule has 7 aliphatic rings. The summed E-state index contributed by atoms with van der Waals surface area (Å²) in [6.45, 7) is 7.92. The predicted molar refractivity (Wildman–Crippen MR) is 109 cm³/mol. The second kappa shape index (κ2) is 6.70. The van der Waals surface area contributed by atoms with Crippen molar-refractivity contribution in [3.63, 3.8) is 0 Å². The van der Waals surface area contributed by atoms with Crippen molar-refractivity contribution in [1.29, 1.82) is 0 Å². The SMILES string of the molecule is CC(=O)OC1O[C@@H]2C[C@@H]3[C@@](C)([C@@H]4C[C@H]5C=CO[C@H]5O4)[C@H](C)C[C@H](OC(C)=O)[C@]13[C@@]1(CO1)C2.